The van der Waals surface area contributed by atoms with Gasteiger partial charge in [0.1, 0.15) is 0 Å². The van der Waals surface area contributed by atoms with Crippen LogP contribution in [0.5, 0.6) is 0 Å². The van der Waals surface area contributed by atoms with Crippen LogP contribution in [0.3, 0.4) is 0 Å². The monoisotopic (exact) mass is 299 g/mol. The Bertz CT molecular complexity index is 538. The fourth-order valence-corrected chi connectivity index (χ4v) is 4.12. The topological polar surface area (TPSA) is 12.0 Å². The first-order valence-electron chi connectivity index (χ1n) is 8.21. The molecule has 0 aliphatic heterocycles. The van der Waals surface area contributed by atoms with Crippen LogP contribution in [0.2, 0.25) is 0 Å². The van der Waals surface area contributed by atoms with Crippen molar-refractivity contribution in [1.29, 1.82) is 0 Å². The number of hydrogen-bond acceptors (Lipinski definition) is 2. The molecule has 0 radical (unpaired) electrons. The van der Waals surface area contributed by atoms with E-state index in [4.69, 9.17) is 0 Å². The Labute approximate surface area is 132 Å². The predicted molar refractivity (Wildman–Crippen MR) is 92.6 cm³/mol. The molecule has 0 atom stereocenters. The SMILES string of the molecule is CCC1CCC(NCc2cc(-c3ccccc3)cs2)CC1. The van der Waals surface area contributed by atoms with Gasteiger partial charge in [-0.1, -0.05) is 43.7 Å². The van der Waals surface area contributed by atoms with Crippen LogP contribution >= 0.6 is 11.3 Å². The molecule has 1 aliphatic rings. The van der Waals surface area contributed by atoms with Crippen LogP contribution in [0.1, 0.15) is 43.9 Å². The third-order valence-electron chi connectivity index (χ3n) is 4.75. The lowest BCUT2D eigenvalue weighted by atomic mass is 9.84. The van der Waals surface area contributed by atoms with Gasteiger partial charge in [-0.3, -0.25) is 0 Å². The molecule has 1 aromatic carbocycles. The summed E-state index contributed by atoms with van der Waals surface area (Å²) in [5, 5.41) is 6.04. The van der Waals surface area contributed by atoms with Gasteiger partial charge in [0.15, 0.2) is 0 Å². The van der Waals surface area contributed by atoms with Gasteiger partial charge in [0, 0.05) is 17.5 Å². The quantitative estimate of drug-likeness (QED) is 0.771. The van der Waals surface area contributed by atoms with E-state index in [-0.39, 0.29) is 0 Å². The van der Waals surface area contributed by atoms with Gasteiger partial charge in [-0.2, -0.15) is 0 Å². The van der Waals surface area contributed by atoms with Gasteiger partial charge in [-0.05, 0) is 54.2 Å². The summed E-state index contributed by atoms with van der Waals surface area (Å²) < 4.78 is 0. The van der Waals surface area contributed by atoms with E-state index >= 15 is 0 Å². The van der Waals surface area contributed by atoms with E-state index in [1.54, 1.807) is 0 Å². The zero-order valence-corrected chi connectivity index (χ0v) is 13.7. The molecule has 2 aromatic rings. The number of nitrogens with one attached hydrogen (secondary N) is 1. The third kappa shape index (κ3) is 3.96. The second kappa shape index (κ2) is 7.24. The van der Waals surface area contributed by atoms with Crippen LogP contribution < -0.4 is 5.32 Å². The first kappa shape index (κ1) is 14.8. The molecule has 1 N–H and O–H groups in total. The van der Waals surface area contributed by atoms with Gasteiger partial charge in [0.2, 0.25) is 0 Å². The van der Waals surface area contributed by atoms with E-state index in [2.05, 4.69) is 54.0 Å². The van der Waals surface area contributed by atoms with E-state index in [1.165, 1.54) is 48.1 Å². The summed E-state index contributed by atoms with van der Waals surface area (Å²) in [7, 11) is 0. The fraction of sp³-hybridized carbons (Fsp3) is 0.474. The van der Waals surface area contributed by atoms with Crippen LogP contribution in [0.15, 0.2) is 41.8 Å². The highest BCUT2D eigenvalue weighted by Gasteiger charge is 2.19. The minimum atomic E-state index is 0.732. The molecule has 1 nitrogen and oxygen atoms in total. The van der Waals surface area contributed by atoms with E-state index < -0.39 is 0 Å². The van der Waals surface area contributed by atoms with Gasteiger partial charge in [-0.15, -0.1) is 11.3 Å². The molecule has 0 amide bonds. The molecular weight excluding hydrogens is 274 g/mol. The molecular formula is C19H25NS. The van der Waals surface area contributed by atoms with Crippen molar-refractivity contribution in [3.63, 3.8) is 0 Å². The largest absolute Gasteiger partial charge is 0.309 e. The van der Waals surface area contributed by atoms with Crippen molar-refractivity contribution in [2.75, 3.05) is 0 Å². The molecule has 1 saturated carbocycles. The summed E-state index contributed by atoms with van der Waals surface area (Å²) in [6.07, 6.45) is 6.89. The summed E-state index contributed by atoms with van der Waals surface area (Å²) in [5.41, 5.74) is 2.68. The Morgan fingerprint density at radius 3 is 2.52 bits per heavy atom. The van der Waals surface area contributed by atoms with Crippen LogP contribution in [-0.4, -0.2) is 6.04 Å². The smallest absolute Gasteiger partial charge is 0.0302 e. The lowest BCUT2D eigenvalue weighted by Gasteiger charge is -2.28. The first-order valence-corrected chi connectivity index (χ1v) is 9.09. The van der Waals surface area contributed by atoms with Crippen LogP contribution in [-0.2, 0) is 6.54 Å². The second-order valence-electron chi connectivity index (χ2n) is 6.17. The van der Waals surface area contributed by atoms with Gasteiger partial charge >= 0.3 is 0 Å². The summed E-state index contributed by atoms with van der Waals surface area (Å²) >= 11 is 1.88. The highest BCUT2D eigenvalue weighted by Crippen LogP contribution is 2.28. The number of rotatable bonds is 5. The average Bonchev–Trinajstić information content (AvgIpc) is 3.03. The van der Waals surface area contributed by atoms with Gasteiger partial charge in [0.05, 0.1) is 0 Å². The molecule has 0 spiro atoms. The van der Waals surface area contributed by atoms with Gasteiger partial charge in [-0.25, -0.2) is 0 Å². The Morgan fingerprint density at radius 2 is 1.81 bits per heavy atom. The minimum absolute atomic E-state index is 0.732. The van der Waals surface area contributed by atoms with Gasteiger partial charge in [0.25, 0.3) is 0 Å². The Kier molecular flexibility index (Phi) is 5.10. The highest BCUT2D eigenvalue weighted by atomic mass is 32.1. The summed E-state index contributed by atoms with van der Waals surface area (Å²) in [6, 6.07) is 13.7. The van der Waals surface area contributed by atoms with Crippen molar-refractivity contribution in [3.8, 4) is 11.1 Å². The Morgan fingerprint density at radius 1 is 1.05 bits per heavy atom. The van der Waals surface area contributed by atoms with E-state index in [9.17, 15) is 0 Å². The van der Waals surface area contributed by atoms with E-state index in [1.807, 2.05) is 11.3 Å². The molecule has 1 aliphatic carbocycles. The van der Waals surface area contributed by atoms with Crippen LogP contribution in [0, 0.1) is 5.92 Å². The zero-order valence-electron chi connectivity index (χ0n) is 12.8. The molecule has 0 bridgehead atoms. The zero-order chi connectivity index (χ0) is 14.5. The van der Waals surface area contributed by atoms with Crippen molar-refractivity contribution < 1.29 is 0 Å². The molecule has 2 heteroatoms. The van der Waals surface area contributed by atoms with Crippen molar-refractivity contribution in [2.24, 2.45) is 5.92 Å². The highest BCUT2D eigenvalue weighted by molar-refractivity contribution is 7.10. The summed E-state index contributed by atoms with van der Waals surface area (Å²) in [4.78, 5) is 1.45. The number of hydrogen-bond donors (Lipinski definition) is 1. The molecule has 112 valence electrons. The van der Waals surface area contributed by atoms with Gasteiger partial charge < -0.3 is 5.32 Å². The lowest BCUT2D eigenvalue weighted by molar-refractivity contribution is 0.285. The summed E-state index contributed by atoms with van der Waals surface area (Å²) in [5.74, 6) is 0.981. The maximum Gasteiger partial charge on any atom is 0.0302 e. The number of benzene rings is 1. The lowest BCUT2D eigenvalue weighted by Crippen LogP contribution is -2.32. The number of thiophene rings is 1. The normalized spacial score (nSPS) is 22.3. The minimum Gasteiger partial charge on any atom is -0.309 e. The average molecular weight is 299 g/mol. The predicted octanol–water partition coefficient (Wildman–Crippen LogP) is 5.47. The van der Waals surface area contributed by atoms with Crippen molar-refractivity contribution in [2.45, 2.75) is 51.6 Å². The molecule has 1 heterocycles. The summed E-state index contributed by atoms with van der Waals surface area (Å²) in [6.45, 7) is 3.36. The molecule has 0 saturated heterocycles. The molecule has 3 rings (SSSR count). The first-order chi connectivity index (χ1) is 10.3. The van der Waals surface area contributed by atoms with Crippen LogP contribution in [0.4, 0.5) is 0 Å². The third-order valence-corrected chi connectivity index (χ3v) is 5.69. The van der Waals surface area contributed by atoms with Crippen LogP contribution in [0.25, 0.3) is 11.1 Å². The maximum absolute atomic E-state index is 3.76. The standard InChI is InChI=1S/C19H25NS/c1-2-15-8-10-18(11-9-15)20-13-19-12-17(14-21-19)16-6-4-3-5-7-16/h3-7,12,14-15,18,20H,2,8-11,13H2,1H3. The maximum atomic E-state index is 3.76. The van der Waals surface area contributed by atoms with E-state index in [0.29, 0.717) is 0 Å². The molecule has 1 aromatic heterocycles. The van der Waals surface area contributed by atoms with Crippen molar-refractivity contribution in [1.82, 2.24) is 5.32 Å². The second-order valence-corrected chi connectivity index (χ2v) is 7.17. The van der Waals surface area contributed by atoms with Crippen molar-refractivity contribution in [3.05, 3.63) is 46.7 Å². The Hall–Kier alpha value is -1.12. The Balaban J connectivity index is 1.52. The molecule has 21 heavy (non-hydrogen) atoms. The molecule has 1 fully saturated rings. The molecule has 0 unspecified atom stereocenters. The van der Waals surface area contributed by atoms with Crippen molar-refractivity contribution >= 4 is 11.3 Å². The fourth-order valence-electron chi connectivity index (χ4n) is 3.28. The van der Waals surface area contributed by atoms with E-state index in [0.717, 1.165) is 18.5 Å².